The van der Waals surface area contributed by atoms with Crippen LogP contribution in [-0.4, -0.2) is 28.7 Å². The summed E-state index contributed by atoms with van der Waals surface area (Å²) in [5.74, 6) is -0.798. The van der Waals surface area contributed by atoms with Crippen molar-refractivity contribution < 1.29 is 17.2 Å². The predicted octanol–water partition coefficient (Wildman–Crippen LogP) is 5.77. The Morgan fingerprint density at radius 2 is 1.54 bits per heavy atom. The van der Waals surface area contributed by atoms with E-state index in [-0.39, 0.29) is 23.8 Å². The maximum Gasteiger partial charge on any atom is 0.243 e. The van der Waals surface area contributed by atoms with Crippen molar-refractivity contribution in [1.29, 1.82) is 0 Å². The van der Waals surface area contributed by atoms with Crippen LogP contribution in [0.15, 0.2) is 95.3 Å². The van der Waals surface area contributed by atoms with Crippen LogP contribution in [-0.2, 0) is 23.0 Å². The Hall–Kier alpha value is -3.40. The van der Waals surface area contributed by atoms with Gasteiger partial charge in [-0.05, 0) is 54.1 Å². The van der Waals surface area contributed by atoms with E-state index in [4.69, 9.17) is 0 Å². The normalized spacial score (nSPS) is 12.0. The molecule has 0 unspecified atom stereocenters. The average molecular weight is 510 g/mol. The minimum absolute atomic E-state index is 0.0477. The van der Waals surface area contributed by atoms with E-state index in [9.17, 15) is 17.2 Å². The summed E-state index contributed by atoms with van der Waals surface area (Å²) >= 11 is 1.46. The van der Waals surface area contributed by atoms with Gasteiger partial charge in [-0.1, -0.05) is 30.3 Å². The smallest absolute Gasteiger partial charge is 0.243 e. The molecule has 2 aromatic heterocycles. The minimum atomic E-state index is -3.85. The Bertz CT molecular complexity index is 1550. The first-order valence-corrected chi connectivity index (χ1v) is 13.2. The average Bonchev–Trinajstić information content (AvgIpc) is 3.44. The quantitative estimate of drug-likeness (QED) is 0.267. The van der Waals surface area contributed by atoms with Gasteiger partial charge in [-0.3, -0.25) is 4.40 Å². The van der Waals surface area contributed by atoms with Crippen LogP contribution in [0.4, 0.5) is 8.78 Å². The van der Waals surface area contributed by atoms with E-state index in [2.05, 4.69) is 4.98 Å². The summed E-state index contributed by atoms with van der Waals surface area (Å²) in [7, 11) is -3.85. The molecule has 0 atom stereocenters. The van der Waals surface area contributed by atoms with E-state index >= 15 is 0 Å². The van der Waals surface area contributed by atoms with Crippen molar-refractivity contribution in [2.24, 2.45) is 0 Å². The number of imidazole rings is 1. The largest absolute Gasteiger partial charge is 0.294 e. The lowest BCUT2D eigenvalue weighted by Crippen LogP contribution is -2.32. The fourth-order valence-electron chi connectivity index (χ4n) is 3.83. The molecule has 0 saturated heterocycles. The first-order valence-electron chi connectivity index (χ1n) is 10.9. The standard InChI is InChI=1S/C26H21F2N3O2S2/c27-21-8-6-20(7-9-21)25-17-31-23(18-34-26(31)29-25)14-15-30(16-19-4-2-1-3-5-19)35(32,33)24-12-10-22(28)11-13-24/h1-13,17-18H,14-16H2. The molecule has 0 aliphatic rings. The second-order valence-corrected chi connectivity index (χ2v) is 10.8. The fourth-order valence-corrected chi connectivity index (χ4v) is 6.17. The zero-order valence-corrected chi connectivity index (χ0v) is 20.1. The van der Waals surface area contributed by atoms with Crippen LogP contribution in [0.1, 0.15) is 11.3 Å². The molecule has 0 saturated carbocycles. The number of hydrogen-bond donors (Lipinski definition) is 0. The highest BCUT2D eigenvalue weighted by molar-refractivity contribution is 7.89. The van der Waals surface area contributed by atoms with Crippen LogP contribution in [0.25, 0.3) is 16.2 Å². The van der Waals surface area contributed by atoms with Gasteiger partial charge >= 0.3 is 0 Å². The molecule has 3 aromatic carbocycles. The summed E-state index contributed by atoms with van der Waals surface area (Å²) in [5, 5.41) is 1.96. The van der Waals surface area contributed by atoms with E-state index < -0.39 is 15.8 Å². The second-order valence-electron chi connectivity index (χ2n) is 8.04. The van der Waals surface area contributed by atoms with Crippen LogP contribution in [0.3, 0.4) is 0 Å². The van der Waals surface area contributed by atoms with Gasteiger partial charge in [-0.2, -0.15) is 4.31 Å². The zero-order valence-electron chi connectivity index (χ0n) is 18.5. The molecule has 0 bridgehead atoms. The lowest BCUT2D eigenvalue weighted by atomic mass is 10.2. The minimum Gasteiger partial charge on any atom is -0.294 e. The van der Waals surface area contributed by atoms with Crippen molar-refractivity contribution in [3.05, 3.63) is 113 Å². The summed E-state index contributed by atoms with van der Waals surface area (Å²) in [4.78, 5) is 5.45. The molecule has 9 heteroatoms. The van der Waals surface area contributed by atoms with Crippen LogP contribution in [0.2, 0.25) is 0 Å². The van der Waals surface area contributed by atoms with Crippen molar-refractivity contribution >= 4 is 26.3 Å². The molecular weight excluding hydrogens is 488 g/mol. The van der Waals surface area contributed by atoms with Crippen molar-refractivity contribution in [3.63, 3.8) is 0 Å². The lowest BCUT2D eigenvalue weighted by Gasteiger charge is -2.22. The molecule has 5 nitrogen and oxygen atoms in total. The maximum absolute atomic E-state index is 13.4. The monoisotopic (exact) mass is 509 g/mol. The highest BCUT2D eigenvalue weighted by Crippen LogP contribution is 2.25. The van der Waals surface area contributed by atoms with E-state index in [0.29, 0.717) is 6.42 Å². The molecule has 0 aliphatic heterocycles. The van der Waals surface area contributed by atoms with Gasteiger partial charge in [-0.15, -0.1) is 11.3 Å². The number of sulfonamides is 1. The molecule has 0 amide bonds. The van der Waals surface area contributed by atoms with Gasteiger partial charge < -0.3 is 0 Å². The number of hydrogen-bond acceptors (Lipinski definition) is 4. The van der Waals surface area contributed by atoms with Crippen LogP contribution in [0.5, 0.6) is 0 Å². The number of rotatable bonds is 8. The molecular formula is C26H21F2N3O2S2. The Morgan fingerprint density at radius 1 is 0.886 bits per heavy atom. The summed E-state index contributed by atoms with van der Waals surface area (Å²) < 4.78 is 56.9. The molecule has 5 rings (SSSR count). The Morgan fingerprint density at radius 3 is 2.23 bits per heavy atom. The van der Waals surface area contributed by atoms with Gasteiger partial charge in [0.25, 0.3) is 0 Å². The third-order valence-corrected chi connectivity index (χ3v) is 8.44. The fraction of sp³-hybridized carbons (Fsp3) is 0.115. The summed E-state index contributed by atoms with van der Waals surface area (Å²) in [6, 6.07) is 20.4. The van der Waals surface area contributed by atoms with Crippen molar-refractivity contribution in [1.82, 2.24) is 13.7 Å². The highest BCUT2D eigenvalue weighted by atomic mass is 32.2. The van der Waals surface area contributed by atoms with Gasteiger partial charge in [0.1, 0.15) is 11.6 Å². The maximum atomic E-state index is 13.4. The molecule has 0 N–H and O–H groups in total. The Labute approximate surface area is 206 Å². The number of aromatic nitrogens is 2. The zero-order chi connectivity index (χ0) is 24.4. The third kappa shape index (κ3) is 5.02. The molecule has 5 aromatic rings. The molecule has 178 valence electrons. The number of nitrogens with zero attached hydrogens (tertiary/aromatic N) is 3. The molecule has 0 spiro atoms. The van der Waals surface area contributed by atoms with E-state index in [0.717, 1.165) is 39.6 Å². The van der Waals surface area contributed by atoms with Gasteiger partial charge in [0.15, 0.2) is 4.96 Å². The molecule has 35 heavy (non-hydrogen) atoms. The van der Waals surface area contributed by atoms with E-state index in [1.807, 2.05) is 46.3 Å². The van der Waals surface area contributed by atoms with Crippen molar-refractivity contribution in [2.45, 2.75) is 17.9 Å². The summed E-state index contributed by atoms with van der Waals surface area (Å²) in [6.07, 6.45) is 2.33. The van der Waals surface area contributed by atoms with Crippen molar-refractivity contribution in [3.8, 4) is 11.3 Å². The second kappa shape index (κ2) is 9.69. The van der Waals surface area contributed by atoms with Crippen LogP contribution < -0.4 is 0 Å². The molecule has 0 aliphatic carbocycles. The van der Waals surface area contributed by atoms with Crippen LogP contribution in [0, 0.1) is 11.6 Å². The molecule has 2 heterocycles. The van der Waals surface area contributed by atoms with E-state index in [1.165, 1.54) is 39.9 Å². The number of thiazole rings is 1. The highest BCUT2D eigenvalue weighted by Gasteiger charge is 2.25. The summed E-state index contributed by atoms with van der Waals surface area (Å²) in [5.41, 5.74) is 3.30. The predicted molar refractivity (Wildman–Crippen MR) is 133 cm³/mol. The topological polar surface area (TPSA) is 54.7 Å². The molecule has 0 fully saturated rings. The number of benzene rings is 3. The lowest BCUT2D eigenvalue weighted by molar-refractivity contribution is 0.408. The van der Waals surface area contributed by atoms with Crippen molar-refractivity contribution in [2.75, 3.05) is 6.54 Å². The Balaban J connectivity index is 1.42. The van der Waals surface area contributed by atoms with Gasteiger partial charge in [-0.25, -0.2) is 22.2 Å². The number of halogens is 2. The van der Waals surface area contributed by atoms with Gasteiger partial charge in [0.2, 0.25) is 10.0 Å². The van der Waals surface area contributed by atoms with Gasteiger partial charge in [0, 0.05) is 42.3 Å². The number of fused-ring (bicyclic) bond motifs is 1. The SMILES string of the molecule is O=S(=O)(c1ccc(F)cc1)N(CCc1csc2nc(-c3ccc(F)cc3)cn12)Cc1ccccc1. The van der Waals surface area contributed by atoms with Crippen LogP contribution >= 0.6 is 11.3 Å². The summed E-state index contributed by atoms with van der Waals surface area (Å²) in [6.45, 7) is 0.420. The van der Waals surface area contributed by atoms with E-state index in [1.54, 1.807) is 12.1 Å². The molecule has 0 radical (unpaired) electrons. The first kappa shape index (κ1) is 23.3. The first-order chi connectivity index (χ1) is 16.9. The Kier molecular flexibility index (Phi) is 6.46. The third-order valence-electron chi connectivity index (χ3n) is 5.69. The van der Waals surface area contributed by atoms with Gasteiger partial charge in [0.05, 0.1) is 10.6 Å².